The van der Waals surface area contributed by atoms with Crippen molar-refractivity contribution < 1.29 is 4.79 Å². The Kier molecular flexibility index (Phi) is 6.93. The van der Waals surface area contributed by atoms with Gasteiger partial charge in [0.15, 0.2) is 0 Å². The molecule has 0 radical (unpaired) electrons. The van der Waals surface area contributed by atoms with Gasteiger partial charge >= 0.3 is 0 Å². The summed E-state index contributed by atoms with van der Waals surface area (Å²) in [7, 11) is 0. The third-order valence-corrected chi connectivity index (χ3v) is 2.51. The molecule has 0 aliphatic heterocycles. The second kappa shape index (κ2) is 7.38. The first-order chi connectivity index (χ1) is 8.16. The van der Waals surface area contributed by atoms with Crippen molar-refractivity contribution in [1.29, 1.82) is 5.26 Å². The highest BCUT2D eigenvalue weighted by atomic mass is 16.2. The van der Waals surface area contributed by atoms with Crippen LogP contribution in [0.1, 0.15) is 53.9 Å². The number of unbranched alkanes of at least 4 members (excludes halogenated alkanes) is 1. The number of hydrogen-bond acceptors (Lipinski definition) is 3. The number of hydrogen-bond donors (Lipinski definition) is 2. The second-order valence-corrected chi connectivity index (χ2v) is 6.43. The lowest BCUT2D eigenvalue weighted by atomic mass is 9.89. The van der Waals surface area contributed by atoms with Crippen LogP contribution in [-0.2, 0) is 4.79 Å². The maximum absolute atomic E-state index is 11.5. The molecule has 0 aromatic rings. The Labute approximate surface area is 111 Å². The Morgan fingerprint density at radius 1 is 1.17 bits per heavy atom. The van der Waals surface area contributed by atoms with Gasteiger partial charge < -0.3 is 10.6 Å². The molecule has 0 atom stereocenters. The van der Waals surface area contributed by atoms with Crippen molar-refractivity contribution in [1.82, 2.24) is 10.6 Å². The number of nitrogens with zero attached hydrogens (tertiary/aromatic N) is 1. The lowest BCUT2D eigenvalue weighted by Crippen LogP contribution is -2.44. The van der Waals surface area contributed by atoms with E-state index in [2.05, 4.69) is 16.7 Å². The first-order valence-corrected chi connectivity index (χ1v) is 6.59. The van der Waals surface area contributed by atoms with Crippen molar-refractivity contribution in [3.8, 4) is 6.07 Å². The zero-order valence-electron chi connectivity index (χ0n) is 12.4. The van der Waals surface area contributed by atoms with Crippen LogP contribution in [0, 0.1) is 16.7 Å². The average molecular weight is 253 g/mol. The fourth-order valence-corrected chi connectivity index (χ4v) is 1.54. The minimum Gasteiger partial charge on any atom is -0.350 e. The third kappa shape index (κ3) is 10.1. The van der Waals surface area contributed by atoms with E-state index in [-0.39, 0.29) is 16.9 Å². The van der Waals surface area contributed by atoms with E-state index in [1.807, 2.05) is 34.6 Å². The summed E-state index contributed by atoms with van der Waals surface area (Å²) in [6, 6.07) is 2.29. The SMILES string of the molecule is CC(C)(C#N)CCCCNCC(=O)NC(C)(C)C. The van der Waals surface area contributed by atoms with Crippen molar-refractivity contribution in [3.63, 3.8) is 0 Å². The van der Waals surface area contributed by atoms with Gasteiger partial charge in [-0.25, -0.2) is 0 Å². The predicted molar refractivity (Wildman–Crippen MR) is 74.0 cm³/mol. The van der Waals surface area contributed by atoms with Crippen LogP contribution < -0.4 is 10.6 Å². The van der Waals surface area contributed by atoms with Crippen LogP contribution in [0.2, 0.25) is 0 Å². The molecule has 2 N–H and O–H groups in total. The van der Waals surface area contributed by atoms with Gasteiger partial charge in [0, 0.05) is 5.54 Å². The predicted octanol–water partition coefficient (Wildman–Crippen LogP) is 2.21. The molecule has 104 valence electrons. The fourth-order valence-electron chi connectivity index (χ4n) is 1.54. The van der Waals surface area contributed by atoms with Gasteiger partial charge in [0.1, 0.15) is 0 Å². The molecule has 4 nitrogen and oxygen atoms in total. The Hall–Kier alpha value is -1.08. The molecule has 0 unspecified atom stereocenters. The minimum absolute atomic E-state index is 0.0276. The number of nitrogens with one attached hydrogen (secondary N) is 2. The van der Waals surface area contributed by atoms with Crippen LogP contribution in [0.5, 0.6) is 0 Å². The number of rotatable bonds is 7. The molecule has 1 amide bonds. The highest BCUT2D eigenvalue weighted by molar-refractivity contribution is 5.78. The number of nitriles is 1. The Bertz CT molecular complexity index is 297. The first-order valence-electron chi connectivity index (χ1n) is 6.59. The molecule has 0 aromatic heterocycles. The van der Waals surface area contributed by atoms with Gasteiger partial charge in [-0.2, -0.15) is 5.26 Å². The van der Waals surface area contributed by atoms with Crippen LogP contribution in [0.3, 0.4) is 0 Å². The average Bonchev–Trinajstić information content (AvgIpc) is 2.20. The standard InChI is InChI=1S/C14H27N3O/c1-13(2,3)17-12(18)10-16-9-7-6-8-14(4,5)11-15/h16H,6-10H2,1-5H3,(H,17,18). The number of carbonyl (C=O) groups excluding carboxylic acids is 1. The van der Waals surface area contributed by atoms with Crippen LogP contribution in [0.15, 0.2) is 0 Å². The Morgan fingerprint density at radius 2 is 1.78 bits per heavy atom. The quantitative estimate of drug-likeness (QED) is 0.684. The summed E-state index contributed by atoms with van der Waals surface area (Å²) in [5.41, 5.74) is -0.404. The van der Waals surface area contributed by atoms with E-state index in [0.717, 1.165) is 25.8 Å². The molecule has 0 heterocycles. The largest absolute Gasteiger partial charge is 0.350 e. The fraction of sp³-hybridized carbons (Fsp3) is 0.857. The van der Waals surface area contributed by atoms with Gasteiger partial charge in [-0.15, -0.1) is 0 Å². The van der Waals surface area contributed by atoms with Crippen LogP contribution in [0.4, 0.5) is 0 Å². The van der Waals surface area contributed by atoms with E-state index < -0.39 is 0 Å². The molecule has 0 aliphatic rings. The molecule has 0 rings (SSSR count). The Morgan fingerprint density at radius 3 is 2.28 bits per heavy atom. The van der Waals surface area contributed by atoms with E-state index in [9.17, 15) is 4.79 Å². The molecule has 0 spiro atoms. The molecule has 0 saturated heterocycles. The maximum atomic E-state index is 11.5. The van der Waals surface area contributed by atoms with Crippen molar-refractivity contribution in [3.05, 3.63) is 0 Å². The first kappa shape index (κ1) is 16.9. The molecule has 0 aliphatic carbocycles. The molecule has 0 bridgehead atoms. The summed E-state index contributed by atoms with van der Waals surface area (Å²) in [4.78, 5) is 11.5. The summed E-state index contributed by atoms with van der Waals surface area (Å²) >= 11 is 0. The smallest absolute Gasteiger partial charge is 0.234 e. The van der Waals surface area contributed by atoms with Gasteiger partial charge in [-0.1, -0.05) is 6.42 Å². The molecule has 0 fully saturated rings. The summed E-state index contributed by atoms with van der Waals surface area (Å²) in [5, 5.41) is 14.9. The number of amides is 1. The van der Waals surface area contributed by atoms with Crippen molar-refractivity contribution >= 4 is 5.91 Å². The van der Waals surface area contributed by atoms with Crippen LogP contribution >= 0.6 is 0 Å². The maximum Gasteiger partial charge on any atom is 0.234 e. The second-order valence-electron chi connectivity index (χ2n) is 6.43. The van der Waals surface area contributed by atoms with E-state index in [1.165, 1.54) is 0 Å². The monoisotopic (exact) mass is 253 g/mol. The molecule has 0 aromatic carbocycles. The Balaban J connectivity index is 3.53. The van der Waals surface area contributed by atoms with E-state index in [0.29, 0.717) is 6.54 Å². The topological polar surface area (TPSA) is 64.9 Å². The summed E-state index contributed by atoms with van der Waals surface area (Å²) in [5.74, 6) is 0.0276. The van der Waals surface area contributed by atoms with E-state index in [4.69, 9.17) is 5.26 Å². The van der Waals surface area contributed by atoms with E-state index in [1.54, 1.807) is 0 Å². The third-order valence-electron chi connectivity index (χ3n) is 2.51. The van der Waals surface area contributed by atoms with Gasteiger partial charge in [0.2, 0.25) is 5.91 Å². The molecule has 18 heavy (non-hydrogen) atoms. The molecular formula is C14H27N3O. The zero-order chi connectivity index (χ0) is 14.2. The highest BCUT2D eigenvalue weighted by Crippen LogP contribution is 2.21. The molecule has 0 saturated carbocycles. The summed E-state index contributed by atoms with van der Waals surface area (Å²) < 4.78 is 0. The molecule has 4 heteroatoms. The van der Waals surface area contributed by atoms with Crippen LogP contribution in [0.25, 0.3) is 0 Å². The summed E-state index contributed by atoms with van der Waals surface area (Å²) in [6.07, 6.45) is 2.90. The van der Waals surface area contributed by atoms with Crippen molar-refractivity contribution in [2.24, 2.45) is 5.41 Å². The lowest BCUT2D eigenvalue weighted by Gasteiger charge is -2.20. The van der Waals surface area contributed by atoms with Gasteiger partial charge in [-0.05, 0) is 54.0 Å². The van der Waals surface area contributed by atoms with Gasteiger partial charge in [0.05, 0.1) is 18.0 Å². The normalized spacial score (nSPS) is 12.0. The highest BCUT2D eigenvalue weighted by Gasteiger charge is 2.15. The van der Waals surface area contributed by atoms with Crippen LogP contribution in [-0.4, -0.2) is 24.5 Å². The lowest BCUT2D eigenvalue weighted by molar-refractivity contribution is -0.121. The van der Waals surface area contributed by atoms with Gasteiger partial charge in [-0.3, -0.25) is 4.79 Å². The number of carbonyl (C=O) groups is 1. The summed E-state index contributed by atoms with van der Waals surface area (Å²) in [6.45, 7) is 11.0. The van der Waals surface area contributed by atoms with Crippen molar-refractivity contribution in [2.45, 2.75) is 59.4 Å². The van der Waals surface area contributed by atoms with Crippen molar-refractivity contribution in [2.75, 3.05) is 13.1 Å². The molecular weight excluding hydrogens is 226 g/mol. The van der Waals surface area contributed by atoms with Gasteiger partial charge in [0.25, 0.3) is 0 Å². The van der Waals surface area contributed by atoms with E-state index >= 15 is 0 Å². The minimum atomic E-state index is -0.233. The zero-order valence-corrected chi connectivity index (χ0v) is 12.4.